The summed E-state index contributed by atoms with van der Waals surface area (Å²) >= 11 is 1.81. The lowest BCUT2D eigenvalue weighted by Gasteiger charge is -2.38. The Labute approximate surface area is 181 Å². The molecule has 4 nitrogen and oxygen atoms in total. The van der Waals surface area contributed by atoms with Gasteiger partial charge in [-0.1, -0.05) is 91.0 Å². The number of hydrogen-bond acceptors (Lipinski definition) is 4. The lowest BCUT2D eigenvalue weighted by molar-refractivity contribution is 0.285. The number of benzene rings is 3. The van der Waals surface area contributed by atoms with Crippen LogP contribution in [0.3, 0.4) is 0 Å². The Morgan fingerprint density at radius 3 is 1.67 bits per heavy atom. The van der Waals surface area contributed by atoms with Crippen LogP contribution in [-0.4, -0.2) is 26.5 Å². The maximum absolute atomic E-state index is 9.86. The fourth-order valence-corrected chi connectivity index (χ4v) is 5.68. The van der Waals surface area contributed by atoms with Crippen LogP contribution in [0.5, 0.6) is 0 Å². The molecule has 0 bridgehead atoms. The number of hydrogen-bond donors (Lipinski definition) is 1. The van der Waals surface area contributed by atoms with E-state index in [0.29, 0.717) is 6.42 Å². The number of thioether (sulfide) groups is 1. The first-order chi connectivity index (χ1) is 14.8. The fraction of sp³-hybridized carbons (Fsp3) is 0.200. The van der Waals surface area contributed by atoms with Gasteiger partial charge in [0.1, 0.15) is 12.2 Å². The Hall–Kier alpha value is -2.89. The molecular weight excluding hydrogens is 390 g/mol. The second kappa shape index (κ2) is 9.28. The van der Waals surface area contributed by atoms with Crippen molar-refractivity contribution < 1.29 is 5.11 Å². The number of aryl methyl sites for hydroxylation is 1. The molecule has 0 fully saturated rings. The van der Waals surface area contributed by atoms with E-state index in [2.05, 4.69) is 82.9 Å². The Morgan fingerprint density at radius 1 is 0.833 bits per heavy atom. The van der Waals surface area contributed by atoms with Crippen LogP contribution in [0.1, 0.15) is 34.2 Å². The Balaban J connectivity index is 1.96. The van der Waals surface area contributed by atoms with Crippen LogP contribution in [0.2, 0.25) is 0 Å². The van der Waals surface area contributed by atoms with Gasteiger partial charge in [-0.15, -0.1) is 11.8 Å². The van der Waals surface area contributed by atoms with Gasteiger partial charge in [-0.2, -0.15) is 5.10 Å². The van der Waals surface area contributed by atoms with Crippen molar-refractivity contribution in [1.82, 2.24) is 14.8 Å². The van der Waals surface area contributed by atoms with E-state index in [1.807, 2.05) is 37.0 Å². The van der Waals surface area contributed by atoms with E-state index < -0.39 is 4.75 Å². The summed E-state index contributed by atoms with van der Waals surface area (Å²) in [7, 11) is 1.91. The second-order valence-electron chi connectivity index (χ2n) is 7.14. The van der Waals surface area contributed by atoms with E-state index >= 15 is 0 Å². The summed E-state index contributed by atoms with van der Waals surface area (Å²) in [6.07, 6.45) is 2.17. The van der Waals surface area contributed by atoms with E-state index in [1.165, 1.54) is 16.7 Å². The lowest BCUT2D eigenvalue weighted by atomic mass is 9.84. The largest absolute Gasteiger partial charge is 0.396 e. The van der Waals surface area contributed by atoms with Gasteiger partial charge in [-0.25, -0.2) is 4.98 Å². The molecule has 1 aromatic heterocycles. The molecule has 4 aromatic rings. The molecule has 1 heterocycles. The van der Waals surface area contributed by atoms with Crippen LogP contribution in [0.25, 0.3) is 0 Å². The molecule has 4 rings (SSSR count). The molecule has 30 heavy (non-hydrogen) atoms. The van der Waals surface area contributed by atoms with Crippen LogP contribution in [-0.2, 0) is 11.8 Å². The van der Waals surface area contributed by atoms with Gasteiger partial charge in [0.2, 0.25) is 0 Å². The molecule has 0 amide bonds. The van der Waals surface area contributed by atoms with Crippen molar-refractivity contribution in [2.24, 2.45) is 7.05 Å². The quantitative estimate of drug-likeness (QED) is 0.413. The minimum Gasteiger partial charge on any atom is -0.396 e. The fourth-order valence-electron chi connectivity index (χ4n) is 3.89. The molecule has 1 unspecified atom stereocenters. The number of nitrogens with zero attached hydrogens (tertiary/aromatic N) is 3. The topological polar surface area (TPSA) is 50.9 Å². The van der Waals surface area contributed by atoms with Gasteiger partial charge in [0.05, 0.1) is 10.00 Å². The molecule has 0 aliphatic carbocycles. The predicted octanol–water partition coefficient (Wildman–Crippen LogP) is 4.96. The summed E-state index contributed by atoms with van der Waals surface area (Å²) in [6, 6.07) is 31.7. The molecule has 0 radical (unpaired) electrons. The zero-order chi connectivity index (χ0) is 20.8. The van der Waals surface area contributed by atoms with E-state index in [-0.39, 0.29) is 11.9 Å². The van der Waals surface area contributed by atoms with Gasteiger partial charge in [0.15, 0.2) is 0 Å². The van der Waals surface area contributed by atoms with Gasteiger partial charge < -0.3 is 5.11 Å². The average Bonchev–Trinajstić information content (AvgIpc) is 3.24. The molecule has 0 aliphatic heterocycles. The van der Waals surface area contributed by atoms with E-state index in [4.69, 9.17) is 0 Å². The summed E-state index contributed by atoms with van der Waals surface area (Å²) in [5.41, 5.74) is 3.58. The van der Waals surface area contributed by atoms with Crippen molar-refractivity contribution in [3.8, 4) is 0 Å². The third-order valence-electron chi connectivity index (χ3n) is 5.29. The summed E-state index contributed by atoms with van der Waals surface area (Å²) in [6.45, 7) is 0.0823. The van der Waals surface area contributed by atoms with Gasteiger partial charge in [-0.3, -0.25) is 4.68 Å². The molecule has 0 saturated heterocycles. The molecule has 0 aliphatic rings. The first kappa shape index (κ1) is 20.4. The Morgan fingerprint density at radius 2 is 1.30 bits per heavy atom. The standard InChI is InChI=1S/C25H25N3OS/c1-28-24(26-19-27-28)23(17-18-29)30-25(20-11-5-2-6-12-20,21-13-7-3-8-14-21)22-15-9-4-10-16-22/h2-16,19,23,29H,17-18H2,1H3. The highest BCUT2D eigenvalue weighted by Gasteiger charge is 2.40. The highest BCUT2D eigenvalue weighted by atomic mass is 32.2. The number of aliphatic hydroxyl groups excluding tert-OH is 1. The Kier molecular flexibility index (Phi) is 6.31. The second-order valence-corrected chi connectivity index (χ2v) is 8.56. The van der Waals surface area contributed by atoms with E-state index in [1.54, 1.807) is 11.0 Å². The van der Waals surface area contributed by atoms with Gasteiger partial charge >= 0.3 is 0 Å². The Bertz CT molecular complexity index is 955. The first-order valence-electron chi connectivity index (χ1n) is 10.0. The summed E-state index contributed by atoms with van der Waals surface area (Å²) in [5.74, 6) is 0.862. The van der Waals surface area contributed by atoms with Crippen molar-refractivity contribution in [2.45, 2.75) is 16.4 Å². The smallest absolute Gasteiger partial charge is 0.139 e. The molecule has 152 valence electrons. The monoisotopic (exact) mass is 415 g/mol. The van der Waals surface area contributed by atoms with Crippen LogP contribution < -0.4 is 0 Å². The van der Waals surface area contributed by atoms with Crippen LogP contribution in [0, 0.1) is 0 Å². The summed E-state index contributed by atoms with van der Waals surface area (Å²) in [4.78, 5) is 4.52. The molecular formula is C25H25N3OS. The number of rotatable bonds is 8. The van der Waals surface area contributed by atoms with E-state index in [0.717, 1.165) is 5.82 Å². The maximum atomic E-state index is 9.86. The highest BCUT2D eigenvalue weighted by molar-refractivity contribution is 8.00. The minimum atomic E-state index is -0.463. The van der Waals surface area contributed by atoms with Gasteiger partial charge in [-0.05, 0) is 23.1 Å². The average molecular weight is 416 g/mol. The summed E-state index contributed by atoms with van der Waals surface area (Å²) in [5, 5.41) is 14.1. The van der Waals surface area contributed by atoms with Crippen LogP contribution in [0.4, 0.5) is 0 Å². The first-order valence-corrected chi connectivity index (χ1v) is 10.9. The number of aliphatic hydroxyl groups is 1. The van der Waals surface area contributed by atoms with Gasteiger partial charge in [0.25, 0.3) is 0 Å². The zero-order valence-corrected chi connectivity index (χ0v) is 17.7. The number of aromatic nitrogens is 3. The van der Waals surface area contributed by atoms with Crippen LogP contribution in [0.15, 0.2) is 97.3 Å². The molecule has 1 N–H and O–H groups in total. The van der Waals surface area contributed by atoms with Crippen molar-refractivity contribution in [1.29, 1.82) is 0 Å². The van der Waals surface area contributed by atoms with Crippen molar-refractivity contribution in [3.63, 3.8) is 0 Å². The van der Waals surface area contributed by atoms with Crippen LogP contribution >= 0.6 is 11.8 Å². The maximum Gasteiger partial charge on any atom is 0.139 e. The van der Waals surface area contributed by atoms with Crippen molar-refractivity contribution in [3.05, 3.63) is 120 Å². The third kappa shape index (κ3) is 3.91. The molecule has 5 heteroatoms. The SMILES string of the molecule is Cn1ncnc1C(CCO)SC(c1ccccc1)(c1ccccc1)c1ccccc1. The predicted molar refractivity (Wildman–Crippen MR) is 122 cm³/mol. The lowest BCUT2D eigenvalue weighted by Crippen LogP contribution is -2.27. The molecule has 3 aromatic carbocycles. The molecule has 0 spiro atoms. The zero-order valence-electron chi connectivity index (χ0n) is 16.9. The van der Waals surface area contributed by atoms with Gasteiger partial charge in [0, 0.05) is 13.7 Å². The van der Waals surface area contributed by atoms with E-state index in [9.17, 15) is 5.11 Å². The van der Waals surface area contributed by atoms with Crippen molar-refractivity contribution >= 4 is 11.8 Å². The molecule has 0 saturated carbocycles. The molecule has 1 atom stereocenters. The minimum absolute atomic E-state index is 0.0388. The van der Waals surface area contributed by atoms with Crippen molar-refractivity contribution in [2.75, 3.05) is 6.61 Å². The normalized spacial score (nSPS) is 12.6. The summed E-state index contributed by atoms with van der Waals surface area (Å²) < 4.78 is 1.34. The third-order valence-corrected chi connectivity index (χ3v) is 7.08. The highest BCUT2D eigenvalue weighted by Crippen LogP contribution is 2.54.